The number of aromatic nitrogens is 1. The fourth-order valence-corrected chi connectivity index (χ4v) is 2.73. The second-order valence-corrected chi connectivity index (χ2v) is 5.55. The first-order valence-corrected chi connectivity index (χ1v) is 7.02. The van der Waals surface area contributed by atoms with Crippen LogP contribution in [0.25, 0.3) is 0 Å². The minimum atomic E-state index is -0.489. The maximum absolute atomic E-state index is 10.6. The zero-order chi connectivity index (χ0) is 13.8. The molecule has 0 aliphatic heterocycles. The maximum Gasteiger partial charge on any atom is 0.289 e. The molecule has 1 aromatic heterocycles. The van der Waals surface area contributed by atoms with E-state index in [2.05, 4.69) is 17.2 Å². The van der Waals surface area contributed by atoms with Crippen LogP contribution in [0.2, 0.25) is 5.02 Å². The summed E-state index contributed by atoms with van der Waals surface area (Å²) in [7, 11) is 0. The van der Waals surface area contributed by atoms with Crippen molar-refractivity contribution >= 4 is 23.1 Å². The number of halogens is 1. The largest absolute Gasteiger partial charge is 0.366 e. The van der Waals surface area contributed by atoms with E-state index in [0.29, 0.717) is 22.8 Å². The first-order chi connectivity index (χ1) is 9.08. The van der Waals surface area contributed by atoms with E-state index in [1.165, 1.54) is 37.9 Å². The summed E-state index contributed by atoms with van der Waals surface area (Å²) < 4.78 is 0. The zero-order valence-electron chi connectivity index (χ0n) is 10.9. The van der Waals surface area contributed by atoms with Crippen LogP contribution >= 0.6 is 11.6 Å². The molecule has 0 saturated heterocycles. The summed E-state index contributed by atoms with van der Waals surface area (Å²) in [4.78, 5) is 14.2. The molecule has 2 rings (SSSR count). The van der Waals surface area contributed by atoms with E-state index >= 15 is 0 Å². The molecule has 2 atom stereocenters. The van der Waals surface area contributed by atoms with Crippen LogP contribution in [0.1, 0.15) is 39.0 Å². The fourth-order valence-electron chi connectivity index (χ4n) is 2.52. The average molecular weight is 284 g/mol. The van der Waals surface area contributed by atoms with Crippen LogP contribution in [0, 0.1) is 16.0 Å². The SMILES string of the molecule is CC1CCCCCC1Nc1ncc([N+](=O)[O-])cc1Cl. The molecule has 0 bridgehead atoms. The number of nitrogens with one attached hydrogen (secondary N) is 1. The number of rotatable bonds is 3. The quantitative estimate of drug-likeness (QED) is 0.517. The Morgan fingerprint density at radius 2 is 2.16 bits per heavy atom. The lowest BCUT2D eigenvalue weighted by Gasteiger charge is -2.23. The van der Waals surface area contributed by atoms with Crippen LogP contribution in [-0.4, -0.2) is 15.9 Å². The lowest BCUT2D eigenvalue weighted by atomic mass is 9.97. The summed E-state index contributed by atoms with van der Waals surface area (Å²) in [5.41, 5.74) is -0.0792. The van der Waals surface area contributed by atoms with Gasteiger partial charge in [0.15, 0.2) is 0 Å². The molecule has 1 fully saturated rings. The van der Waals surface area contributed by atoms with Gasteiger partial charge in [0.2, 0.25) is 0 Å². The van der Waals surface area contributed by atoms with Crippen molar-refractivity contribution in [2.45, 2.75) is 45.1 Å². The molecule has 104 valence electrons. The molecule has 2 unspecified atom stereocenters. The van der Waals surface area contributed by atoms with Crippen molar-refractivity contribution in [2.75, 3.05) is 5.32 Å². The van der Waals surface area contributed by atoms with Gasteiger partial charge in [-0.3, -0.25) is 10.1 Å². The topological polar surface area (TPSA) is 68.1 Å². The smallest absolute Gasteiger partial charge is 0.289 e. The third kappa shape index (κ3) is 3.56. The highest BCUT2D eigenvalue weighted by atomic mass is 35.5. The van der Waals surface area contributed by atoms with Gasteiger partial charge >= 0.3 is 0 Å². The second kappa shape index (κ2) is 6.19. The first-order valence-electron chi connectivity index (χ1n) is 6.64. The molecular weight excluding hydrogens is 266 g/mol. The van der Waals surface area contributed by atoms with Crippen LogP contribution in [0.4, 0.5) is 11.5 Å². The highest BCUT2D eigenvalue weighted by Gasteiger charge is 2.21. The van der Waals surface area contributed by atoms with Crippen molar-refractivity contribution in [2.24, 2.45) is 5.92 Å². The number of pyridine rings is 1. The summed E-state index contributed by atoms with van der Waals surface area (Å²) in [6.07, 6.45) is 7.27. The van der Waals surface area contributed by atoms with Gasteiger partial charge in [-0.15, -0.1) is 0 Å². The standard InChI is InChI=1S/C13H18ClN3O2/c1-9-5-3-2-4-6-12(9)16-13-11(14)7-10(8-15-13)17(18)19/h7-9,12H,2-6H2,1H3,(H,15,16). The Bertz CT molecular complexity index is 467. The molecule has 1 aliphatic rings. The number of nitrogens with zero attached hydrogens (tertiary/aromatic N) is 2. The van der Waals surface area contributed by atoms with Gasteiger partial charge in [-0.05, 0) is 18.8 Å². The summed E-state index contributed by atoms with van der Waals surface area (Å²) in [5, 5.41) is 14.3. The molecule has 1 aromatic rings. The van der Waals surface area contributed by atoms with Gasteiger partial charge in [0.25, 0.3) is 5.69 Å². The molecule has 19 heavy (non-hydrogen) atoms. The van der Waals surface area contributed by atoms with Gasteiger partial charge in [-0.1, -0.05) is 37.8 Å². The molecule has 0 amide bonds. The molecule has 0 spiro atoms. The summed E-state index contributed by atoms with van der Waals surface area (Å²) in [5.74, 6) is 1.11. The van der Waals surface area contributed by atoms with Crippen molar-refractivity contribution in [1.29, 1.82) is 0 Å². The Hall–Kier alpha value is -1.36. The van der Waals surface area contributed by atoms with Crippen LogP contribution in [0.15, 0.2) is 12.3 Å². The van der Waals surface area contributed by atoms with Crippen molar-refractivity contribution in [3.05, 3.63) is 27.4 Å². The number of hydrogen-bond acceptors (Lipinski definition) is 4. The molecule has 1 aliphatic carbocycles. The third-order valence-electron chi connectivity index (χ3n) is 3.72. The normalized spacial score (nSPS) is 23.7. The molecular formula is C13H18ClN3O2. The van der Waals surface area contributed by atoms with Crippen molar-refractivity contribution in [1.82, 2.24) is 4.98 Å². The van der Waals surface area contributed by atoms with Gasteiger partial charge < -0.3 is 5.32 Å². The lowest BCUT2D eigenvalue weighted by Crippen LogP contribution is -2.26. The maximum atomic E-state index is 10.6. The summed E-state index contributed by atoms with van der Waals surface area (Å²) in [6.45, 7) is 2.22. The highest BCUT2D eigenvalue weighted by Crippen LogP contribution is 2.29. The van der Waals surface area contributed by atoms with E-state index in [1.54, 1.807) is 0 Å². The molecule has 0 radical (unpaired) electrons. The lowest BCUT2D eigenvalue weighted by molar-refractivity contribution is -0.385. The van der Waals surface area contributed by atoms with Gasteiger partial charge in [0.05, 0.1) is 9.95 Å². The molecule has 1 saturated carbocycles. The molecule has 1 N–H and O–H groups in total. The van der Waals surface area contributed by atoms with Crippen LogP contribution in [-0.2, 0) is 0 Å². The number of hydrogen-bond donors (Lipinski definition) is 1. The molecule has 5 nitrogen and oxygen atoms in total. The minimum Gasteiger partial charge on any atom is -0.366 e. The van der Waals surface area contributed by atoms with Crippen molar-refractivity contribution in [3.63, 3.8) is 0 Å². The Morgan fingerprint density at radius 3 is 2.84 bits per heavy atom. The van der Waals surface area contributed by atoms with E-state index in [1.807, 2.05) is 0 Å². The van der Waals surface area contributed by atoms with Crippen LogP contribution < -0.4 is 5.32 Å². The predicted molar refractivity (Wildman–Crippen MR) is 75.6 cm³/mol. The fraction of sp³-hybridized carbons (Fsp3) is 0.615. The van der Waals surface area contributed by atoms with E-state index < -0.39 is 4.92 Å². The van der Waals surface area contributed by atoms with Gasteiger partial charge in [-0.2, -0.15) is 0 Å². The Balaban J connectivity index is 2.11. The van der Waals surface area contributed by atoms with Gasteiger partial charge in [0, 0.05) is 12.1 Å². The molecule has 1 heterocycles. The van der Waals surface area contributed by atoms with E-state index in [-0.39, 0.29) is 5.69 Å². The monoisotopic (exact) mass is 283 g/mol. The second-order valence-electron chi connectivity index (χ2n) is 5.15. The zero-order valence-corrected chi connectivity index (χ0v) is 11.7. The first kappa shape index (κ1) is 14.1. The average Bonchev–Trinajstić information content (AvgIpc) is 2.57. The molecule has 6 heteroatoms. The van der Waals surface area contributed by atoms with E-state index in [4.69, 9.17) is 11.6 Å². The minimum absolute atomic E-state index is 0.0792. The number of nitro groups is 1. The predicted octanol–water partition coefficient (Wildman–Crippen LogP) is 4.02. The Labute approximate surface area is 117 Å². The van der Waals surface area contributed by atoms with Gasteiger partial charge in [0.1, 0.15) is 12.0 Å². The van der Waals surface area contributed by atoms with Gasteiger partial charge in [-0.25, -0.2) is 4.98 Å². The highest BCUT2D eigenvalue weighted by molar-refractivity contribution is 6.33. The van der Waals surface area contributed by atoms with Crippen LogP contribution in [0.5, 0.6) is 0 Å². The molecule has 0 aromatic carbocycles. The third-order valence-corrected chi connectivity index (χ3v) is 4.01. The van der Waals surface area contributed by atoms with E-state index in [9.17, 15) is 10.1 Å². The number of anilines is 1. The van der Waals surface area contributed by atoms with E-state index in [0.717, 1.165) is 6.42 Å². The van der Waals surface area contributed by atoms with Crippen LogP contribution in [0.3, 0.4) is 0 Å². The van der Waals surface area contributed by atoms with Crippen molar-refractivity contribution in [3.8, 4) is 0 Å². The Kier molecular flexibility index (Phi) is 4.58. The Morgan fingerprint density at radius 1 is 1.42 bits per heavy atom. The van der Waals surface area contributed by atoms with Crippen molar-refractivity contribution < 1.29 is 4.92 Å². The summed E-state index contributed by atoms with van der Waals surface area (Å²) >= 11 is 6.05. The summed E-state index contributed by atoms with van der Waals surface area (Å²) in [6, 6.07) is 1.69.